The van der Waals surface area contributed by atoms with Gasteiger partial charge in [0.25, 0.3) is 0 Å². The average Bonchev–Trinajstić information content (AvgIpc) is 3.45. The molecular weight excluding hydrogens is 1000 g/mol. The number of carbonyl (C=O) groups is 2. The third kappa shape index (κ3) is 43.3. The fraction of sp³-hybridized carbons (Fsp3) is 0.739. The molecule has 1 amide bonds. The van der Waals surface area contributed by atoms with Gasteiger partial charge in [-0.25, -0.2) is 0 Å². The third-order valence-electron chi connectivity index (χ3n) is 14.7. The minimum Gasteiger partial charge on any atom is -0.454 e. The Morgan fingerprint density at radius 3 is 1.38 bits per heavy atom. The molecule has 0 aromatic rings. The van der Waals surface area contributed by atoms with Crippen LogP contribution in [0.4, 0.5) is 0 Å². The summed E-state index contributed by atoms with van der Waals surface area (Å²) in [4.78, 5) is 26.6. The van der Waals surface area contributed by atoms with Crippen LogP contribution in [0.3, 0.4) is 0 Å². The van der Waals surface area contributed by atoms with Crippen molar-refractivity contribution in [2.75, 3.05) is 13.2 Å². The summed E-state index contributed by atoms with van der Waals surface area (Å²) < 4.78 is 17.6. The van der Waals surface area contributed by atoms with E-state index in [4.69, 9.17) is 14.2 Å². The van der Waals surface area contributed by atoms with Crippen LogP contribution in [0.1, 0.15) is 265 Å². The molecule has 1 aliphatic rings. The molecule has 1 heterocycles. The first-order valence-electron chi connectivity index (χ1n) is 32.5. The molecule has 0 aromatic heterocycles. The van der Waals surface area contributed by atoms with Gasteiger partial charge in [-0.2, -0.15) is 0 Å². The highest BCUT2D eigenvalue weighted by molar-refractivity contribution is 5.80. The minimum absolute atomic E-state index is 0.112. The van der Waals surface area contributed by atoms with Gasteiger partial charge in [0.1, 0.15) is 24.4 Å². The first-order valence-corrected chi connectivity index (χ1v) is 32.5. The van der Waals surface area contributed by atoms with Gasteiger partial charge in [-0.15, -0.1) is 0 Å². The number of aliphatic hydroxyl groups is 5. The molecule has 460 valence electrons. The summed E-state index contributed by atoms with van der Waals surface area (Å²) in [6, 6.07) is -1.04. The van der Waals surface area contributed by atoms with Crippen LogP contribution >= 0.6 is 0 Å². The predicted molar refractivity (Wildman–Crippen MR) is 333 cm³/mol. The number of allylic oxidation sites excluding steroid dienone is 15. The molecule has 8 atom stereocenters. The molecular formula is C69H119NO10. The van der Waals surface area contributed by atoms with Gasteiger partial charge in [0, 0.05) is 6.42 Å². The van der Waals surface area contributed by atoms with Crippen LogP contribution in [0.5, 0.6) is 0 Å². The second-order valence-electron chi connectivity index (χ2n) is 22.1. The number of nitrogens with one attached hydrogen (secondary N) is 1. The zero-order chi connectivity index (χ0) is 58.2. The Labute approximate surface area is 488 Å². The molecule has 1 aliphatic heterocycles. The molecule has 1 rings (SSSR count). The number of hydrogen-bond donors (Lipinski definition) is 6. The summed E-state index contributed by atoms with van der Waals surface area (Å²) in [7, 11) is 0. The van der Waals surface area contributed by atoms with Crippen LogP contribution in [-0.2, 0) is 23.8 Å². The lowest BCUT2D eigenvalue weighted by Crippen LogP contribution is -2.61. The second-order valence-corrected chi connectivity index (χ2v) is 22.1. The van der Waals surface area contributed by atoms with Crippen LogP contribution in [0.15, 0.2) is 97.2 Å². The summed E-state index contributed by atoms with van der Waals surface area (Å²) in [6.45, 7) is 5.64. The Balaban J connectivity index is 2.67. The van der Waals surface area contributed by atoms with Gasteiger partial charge in [-0.05, 0) is 103 Å². The maximum atomic E-state index is 13.4. The molecule has 0 aliphatic carbocycles. The summed E-state index contributed by atoms with van der Waals surface area (Å²) in [5.41, 5.74) is 0. The van der Waals surface area contributed by atoms with Gasteiger partial charge in [0.2, 0.25) is 5.91 Å². The first-order chi connectivity index (χ1) is 39.2. The Morgan fingerprint density at radius 1 is 0.500 bits per heavy atom. The fourth-order valence-electron chi connectivity index (χ4n) is 9.59. The van der Waals surface area contributed by atoms with Crippen molar-refractivity contribution in [2.24, 2.45) is 0 Å². The number of hydrogen-bond acceptors (Lipinski definition) is 10. The van der Waals surface area contributed by atoms with Crippen molar-refractivity contribution < 1.29 is 49.3 Å². The molecule has 6 N–H and O–H groups in total. The van der Waals surface area contributed by atoms with Crippen LogP contribution in [0.25, 0.3) is 0 Å². The van der Waals surface area contributed by atoms with Gasteiger partial charge in [0.15, 0.2) is 12.4 Å². The molecule has 0 radical (unpaired) electrons. The van der Waals surface area contributed by atoms with Gasteiger partial charge < -0.3 is 45.1 Å². The SMILES string of the molecule is CC/C=C\C/C=C\C/C=C\C/C=C\C/C=C\CCCCCCC(O)C(=O)NC(COC1OC(CO)C(O)C(O)C1OC(=O)CCCCCCCCCCC/C=C\C/C=C\CCCCC)C(O)/C=C/CCCCCCCCCCCC. The van der Waals surface area contributed by atoms with E-state index in [1.165, 1.54) is 103 Å². The van der Waals surface area contributed by atoms with E-state index in [0.717, 1.165) is 116 Å². The Kier molecular flexibility index (Phi) is 52.3. The third-order valence-corrected chi connectivity index (χ3v) is 14.7. The fourth-order valence-corrected chi connectivity index (χ4v) is 9.59. The highest BCUT2D eigenvalue weighted by Gasteiger charge is 2.47. The molecule has 80 heavy (non-hydrogen) atoms. The van der Waals surface area contributed by atoms with Crippen LogP contribution in [0, 0.1) is 0 Å². The van der Waals surface area contributed by atoms with Crippen LogP contribution in [0.2, 0.25) is 0 Å². The topological polar surface area (TPSA) is 175 Å². The molecule has 0 aromatic carbocycles. The number of rotatable bonds is 54. The Morgan fingerprint density at radius 2 is 0.900 bits per heavy atom. The number of esters is 1. The van der Waals surface area contributed by atoms with Crippen molar-refractivity contribution in [1.29, 1.82) is 0 Å². The summed E-state index contributed by atoms with van der Waals surface area (Å²) >= 11 is 0. The quantitative estimate of drug-likeness (QED) is 0.0195. The molecule has 1 fully saturated rings. The Hall–Kier alpha value is -3.42. The lowest BCUT2D eigenvalue weighted by Gasteiger charge is -2.41. The molecule has 8 unspecified atom stereocenters. The molecule has 1 saturated heterocycles. The largest absolute Gasteiger partial charge is 0.454 e. The first kappa shape index (κ1) is 74.6. The smallest absolute Gasteiger partial charge is 0.306 e. The standard InChI is InChI=1S/C69H119NO10/c1-4-7-10-13-16-19-22-25-27-29-31-33-34-36-38-41-44-47-50-53-56-62(73)68(77)70-60(61(72)55-52-49-46-43-40-24-21-18-15-12-9-6-3)59-78-69-67(66(76)65(75)63(58-71)79-69)80-64(74)57-54-51-48-45-42-39-37-35-32-30-28-26-23-20-17-14-11-8-5-2/h7,10,16-17,19-20,25-28,31,33,36,38,52,55,60-63,65-67,69,71-73,75-76H,4-6,8-9,11-15,18,21-24,29-30,32,34-35,37,39-51,53-54,56-59H2,1-3H3,(H,70,77)/b10-7-,19-16-,20-17-,27-25-,28-26-,33-31-,38-36-,55-52+. The van der Waals surface area contributed by atoms with E-state index in [2.05, 4.69) is 111 Å². The predicted octanol–water partition coefficient (Wildman–Crippen LogP) is 15.9. The average molecular weight is 1120 g/mol. The van der Waals surface area contributed by atoms with Crippen molar-refractivity contribution in [3.8, 4) is 0 Å². The van der Waals surface area contributed by atoms with E-state index < -0.39 is 67.4 Å². The summed E-state index contributed by atoms with van der Waals surface area (Å²) in [5.74, 6) is -1.22. The lowest BCUT2D eigenvalue weighted by atomic mass is 9.99. The van der Waals surface area contributed by atoms with E-state index in [1.54, 1.807) is 6.08 Å². The number of aliphatic hydroxyl groups excluding tert-OH is 5. The maximum absolute atomic E-state index is 13.4. The van der Waals surface area contributed by atoms with Crippen molar-refractivity contribution in [3.63, 3.8) is 0 Å². The van der Waals surface area contributed by atoms with Gasteiger partial charge in [-0.1, -0.05) is 253 Å². The number of carbonyl (C=O) groups excluding carboxylic acids is 2. The minimum atomic E-state index is -1.62. The van der Waals surface area contributed by atoms with Gasteiger partial charge >= 0.3 is 5.97 Å². The molecule has 0 bridgehead atoms. The number of unbranched alkanes of at least 4 members (excludes halogenated alkanes) is 26. The normalized spacial score (nSPS) is 19.4. The van der Waals surface area contributed by atoms with Gasteiger partial charge in [-0.3, -0.25) is 9.59 Å². The van der Waals surface area contributed by atoms with Gasteiger partial charge in [0.05, 0.1) is 25.4 Å². The van der Waals surface area contributed by atoms with Crippen molar-refractivity contribution in [1.82, 2.24) is 5.32 Å². The van der Waals surface area contributed by atoms with Crippen LogP contribution < -0.4 is 5.32 Å². The monoisotopic (exact) mass is 1120 g/mol. The second kappa shape index (κ2) is 56.1. The van der Waals surface area contributed by atoms with Crippen molar-refractivity contribution in [2.45, 2.75) is 314 Å². The highest BCUT2D eigenvalue weighted by atomic mass is 16.7. The van der Waals surface area contributed by atoms with Crippen molar-refractivity contribution >= 4 is 11.9 Å². The van der Waals surface area contributed by atoms with E-state index in [9.17, 15) is 35.1 Å². The molecule has 0 spiro atoms. The molecule has 11 heteroatoms. The number of ether oxygens (including phenoxy) is 3. The zero-order valence-electron chi connectivity index (χ0n) is 50.9. The van der Waals surface area contributed by atoms with Crippen LogP contribution in [-0.4, -0.2) is 99.6 Å². The van der Waals surface area contributed by atoms with Crippen molar-refractivity contribution in [3.05, 3.63) is 97.2 Å². The van der Waals surface area contributed by atoms with E-state index >= 15 is 0 Å². The molecule has 11 nitrogen and oxygen atoms in total. The van der Waals surface area contributed by atoms with E-state index in [-0.39, 0.29) is 19.4 Å². The van der Waals surface area contributed by atoms with E-state index in [1.807, 2.05) is 6.08 Å². The lowest BCUT2D eigenvalue weighted by molar-refractivity contribution is -0.305. The summed E-state index contributed by atoms with van der Waals surface area (Å²) in [6.07, 6.45) is 64.3. The maximum Gasteiger partial charge on any atom is 0.306 e. The number of amides is 1. The summed E-state index contributed by atoms with van der Waals surface area (Å²) in [5, 5.41) is 57.1. The Bertz CT molecular complexity index is 1670. The molecule has 0 saturated carbocycles. The zero-order valence-corrected chi connectivity index (χ0v) is 50.9. The highest BCUT2D eigenvalue weighted by Crippen LogP contribution is 2.26. The van der Waals surface area contributed by atoms with E-state index in [0.29, 0.717) is 12.8 Å².